The van der Waals surface area contributed by atoms with Gasteiger partial charge < -0.3 is 5.11 Å². The summed E-state index contributed by atoms with van der Waals surface area (Å²) in [6.07, 6.45) is -0.139. The number of hydrogen-bond acceptors (Lipinski definition) is 1. The summed E-state index contributed by atoms with van der Waals surface area (Å²) >= 11 is 0. The molecule has 0 saturated carbocycles. The highest BCUT2D eigenvalue weighted by molar-refractivity contribution is 5.90. The van der Waals surface area contributed by atoms with Crippen molar-refractivity contribution < 1.29 is 13.9 Å². The molecule has 2 aromatic carbocycles. The van der Waals surface area contributed by atoms with Crippen molar-refractivity contribution in [3.8, 4) is 0 Å². The molecule has 0 aliphatic heterocycles. The summed E-state index contributed by atoms with van der Waals surface area (Å²) in [6.45, 7) is 3.92. The average molecular weight is 298 g/mol. The molecule has 0 spiro atoms. The van der Waals surface area contributed by atoms with Crippen molar-refractivity contribution >= 4 is 5.57 Å². The maximum absolute atomic E-state index is 13.6. The number of fused-ring (bicyclic) bond motifs is 4. The van der Waals surface area contributed by atoms with E-state index in [0.29, 0.717) is 12.0 Å². The zero-order chi connectivity index (χ0) is 15.6. The van der Waals surface area contributed by atoms with Gasteiger partial charge in [-0.2, -0.15) is 0 Å². The van der Waals surface area contributed by atoms with E-state index in [9.17, 15) is 13.9 Å². The molecule has 0 aromatic heterocycles. The molecule has 0 saturated heterocycles. The first-order valence-electron chi connectivity index (χ1n) is 7.40. The minimum atomic E-state index is -0.767. The van der Waals surface area contributed by atoms with Crippen molar-refractivity contribution in [2.24, 2.45) is 5.41 Å². The van der Waals surface area contributed by atoms with Gasteiger partial charge in [0.2, 0.25) is 0 Å². The van der Waals surface area contributed by atoms with Crippen LogP contribution in [0.4, 0.5) is 8.78 Å². The molecule has 0 bridgehead atoms. The van der Waals surface area contributed by atoms with Gasteiger partial charge in [-0.15, -0.1) is 0 Å². The van der Waals surface area contributed by atoms with Gasteiger partial charge in [0.15, 0.2) is 0 Å². The molecule has 0 radical (unpaired) electrons. The Hall–Kier alpha value is -2.00. The van der Waals surface area contributed by atoms with Crippen molar-refractivity contribution in [2.75, 3.05) is 0 Å². The Morgan fingerprint density at radius 3 is 2.36 bits per heavy atom. The number of halogens is 2. The van der Waals surface area contributed by atoms with Gasteiger partial charge in [0.05, 0.1) is 6.10 Å². The van der Waals surface area contributed by atoms with Crippen LogP contribution >= 0.6 is 0 Å². The normalized spacial score (nSPS) is 21.4. The Balaban J connectivity index is 2.04. The van der Waals surface area contributed by atoms with Crippen molar-refractivity contribution in [1.29, 1.82) is 0 Å². The molecule has 1 unspecified atom stereocenters. The largest absolute Gasteiger partial charge is 0.387 e. The van der Waals surface area contributed by atoms with Gasteiger partial charge >= 0.3 is 0 Å². The molecule has 0 heterocycles. The summed E-state index contributed by atoms with van der Waals surface area (Å²) in [6, 6.07) is 9.34. The molecule has 112 valence electrons. The fourth-order valence-electron chi connectivity index (χ4n) is 3.79. The fraction of sp³-hybridized carbons (Fsp3) is 0.263. The second kappa shape index (κ2) is 4.26. The van der Waals surface area contributed by atoms with Gasteiger partial charge in [0.25, 0.3) is 0 Å². The standard InChI is InChI=1S/C19H16F2O/c1-19(2)16-8-10-7-11(20)3-5-13(10)17(16)14-6-4-12(21)9-15(14)18(19)22/h3-7,9,18,22H,8H2,1-2H3. The molecule has 4 rings (SSSR count). The third-order valence-electron chi connectivity index (χ3n) is 5.04. The highest BCUT2D eigenvalue weighted by atomic mass is 19.1. The van der Waals surface area contributed by atoms with Gasteiger partial charge in [-0.1, -0.05) is 26.0 Å². The lowest BCUT2D eigenvalue weighted by Gasteiger charge is -2.38. The minimum absolute atomic E-state index is 0.253. The first kappa shape index (κ1) is 13.6. The van der Waals surface area contributed by atoms with Crippen LogP contribution in [0.5, 0.6) is 0 Å². The van der Waals surface area contributed by atoms with Crippen LogP contribution in [0.15, 0.2) is 42.0 Å². The Morgan fingerprint density at radius 2 is 1.64 bits per heavy atom. The van der Waals surface area contributed by atoms with Crippen LogP contribution < -0.4 is 0 Å². The van der Waals surface area contributed by atoms with E-state index in [-0.39, 0.29) is 11.6 Å². The molecule has 0 fully saturated rings. The molecule has 1 atom stereocenters. The molecule has 2 aliphatic rings. The van der Waals surface area contributed by atoms with Crippen LogP contribution in [0.1, 0.15) is 42.2 Å². The first-order chi connectivity index (χ1) is 10.4. The van der Waals surface area contributed by atoms with Crippen molar-refractivity contribution in [1.82, 2.24) is 0 Å². The molecule has 1 N–H and O–H groups in total. The van der Waals surface area contributed by atoms with Crippen molar-refractivity contribution in [3.05, 3.63) is 75.9 Å². The van der Waals surface area contributed by atoms with Gasteiger partial charge in [-0.25, -0.2) is 8.78 Å². The van der Waals surface area contributed by atoms with Crippen LogP contribution in [0.2, 0.25) is 0 Å². The Morgan fingerprint density at radius 1 is 1.00 bits per heavy atom. The third kappa shape index (κ3) is 1.66. The van der Waals surface area contributed by atoms with Gasteiger partial charge in [0.1, 0.15) is 11.6 Å². The van der Waals surface area contributed by atoms with Crippen LogP contribution in [0, 0.1) is 17.0 Å². The average Bonchev–Trinajstić information content (AvgIpc) is 2.84. The number of benzene rings is 2. The van der Waals surface area contributed by atoms with Crippen LogP contribution in [-0.2, 0) is 6.42 Å². The summed E-state index contributed by atoms with van der Waals surface area (Å²) in [5, 5.41) is 10.7. The second-order valence-electron chi connectivity index (χ2n) is 6.69. The lowest BCUT2D eigenvalue weighted by atomic mass is 9.68. The summed E-state index contributed by atoms with van der Waals surface area (Å²) in [5.41, 5.74) is 5.01. The monoisotopic (exact) mass is 298 g/mol. The van der Waals surface area contributed by atoms with E-state index < -0.39 is 11.5 Å². The minimum Gasteiger partial charge on any atom is -0.387 e. The smallest absolute Gasteiger partial charge is 0.123 e. The van der Waals surface area contributed by atoms with Crippen molar-refractivity contribution in [3.63, 3.8) is 0 Å². The molecule has 3 heteroatoms. The summed E-state index contributed by atoms with van der Waals surface area (Å²) < 4.78 is 27.2. The molecule has 2 aromatic rings. The van der Waals surface area contributed by atoms with E-state index in [4.69, 9.17) is 0 Å². The molecule has 2 aliphatic carbocycles. The van der Waals surface area contributed by atoms with Gasteiger partial charge in [0, 0.05) is 5.41 Å². The van der Waals surface area contributed by atoms with E-state index in [1.54, 1.807) is 18.2 Å². The summed E-state index contributed by atoms with van der Waals surface area (Å²) in [5.74, 6) is -0.605. The molecule has 22 heavy (non-hydrogen) atoms. The Kier molecular flexibility index (Phi) is 2.64. The Labute approximate surface area is 127 Å². The van der Waals surface area contributed by atoms with Crippen LogP contribution in [0.3, 0.4) is 0 Å². The zero-order valence-corrected chi connectivity index (χ0v) is 12.5. The predicted molar refractivity (Wildman–Crippen MR) is 81.3 cm³/mol. The summed E-state index contributed by atoms with van der Waals surface area (Å²) in [7, 11) is 0. The second-order valence-corrected chi connectivity index (χ2v) is 6.69. The quantitative estimate of drug-likeness (QED) is 0.764. The Bertz CT molecular complexity index is 833. The fourth-order valence-corrected chi connectivity index (χ4v) is 3.79. The van der Waals surface area contributed by atoms with Gasteiger partial charge in [-0.3, -0.25) is 0 Å². The van der Waals surface area contributed by atoms with E-state index in [0.717, 1.165) is 27.8 Å². The third-order valence-corrected chi connectivity index (χ3v) is 5.04. The SMILES string of the molecule is CC1(C)C2=C(c3ccc(F)cc3C2)c2ccc(F)cc2C1O. The predicted octanol–water partition coefficient (Wildman–Crippen LogP) is 4.40. The molecule has 0 amide bonds. The van der Waals surface area contributed by atoms with Crippen LogP contribution in [-0.4, -0.2) is 5.11 Å². The van der Waals surface area contributed by atoms with Crippen LogP contribution in [0.25, 0.3) is 5.57 Å². The maximum atomic E-state index is 13.6. The van der Waals surface area contributed by atoms with E-state index in [1.165, 1.54) is 18.2 Å². The topological polar surface area (TPSA) is 20.2 Å². The highest BCUT2D eigenvalue weighted by Crippen LogP contribution is 2.55. The van der Waals surface area contributed by atoms with E-state index in [1.807, 2.05) is 13.8 Å². The first-order valence-corrected chi connectivity index (χ1v) is 7.40. The lowest BCUT2D eigenvalue weighted by molar-refractivity contribution is 0.0707. The highest BCUT2D eigenvalue weighted by Gasteiger charge is 2.43. The van der Waals surface area contributed by atoms with E-state index >= 15 is 0 Å². The number of rotatable bonds is 0. The molecular formula is C19H16F2O. The zero-order valence-electron chi connectivity index (χ0n) is 12.5. The van der Waals surface area contributed by atoms with E-state index in [2.05, 4.69) is 0 Å². The number of aliphatic hydroxyl groups is 1. The summed E-state index contributed by atoms with van der Waals surface area (Å²) in [4.78, 5) is 0. The number of hydrogen-bond donors (Lipinski definition) is 1. The molecular weight excluding hydrogens is 282 g/mol. The lowest BCUT2D eigenvalue weighted by Crippen LogP contribution is -2.29. The molecule has 1 nitrogen and oxygen atoms in total. The van der Waals surface area contributed by atoms with Gasteiger partial charge in [-0.05, 0) is 64.1 Å². The number of aliphatic hydroxyl groups excluding tert-OH is 1. The van der Waals surface area contributed by atoms with Crippen molar-refractivity contribution in [2.45, 2.75) is 26.4 Å². The maximum Gasteiger partial charge on any atom is 0.123 e.